The predicted molar refractivity (Wildman–Crippen MR) is 64.0 cm³/mol. The number of hydrogen-bond acceptors (Lipinski definition) is 1. The molecule has 1 aromatic heterocycles. The molecule has 1 heterocycles. The number of hydrogen-bond donors (Lipinski definition) is 1. The molecule has 0 radical (unpaired) electrons. The van der Waals surface area contributed by atoms with Crippen LogP contribution in [-0.2, 0) is 6.42 Å². The minimum absolute atomic E-state index is 0.281. The molecule has 0 aliphatic rings. The second-order valence-corrected chi connectivity index (χ2v) is 5.44. The Morgan fingerprint density at radius 2 is 2.00 bits per heavy atom. The van der Waals surface area contributed by atoms with Gasteiger partial charge in [-0.1, -0.05) is 26.8 Å². The van der Waals surface area contributed by atoms with Crippen LogP contribution in [0.4, 0.5) is 0 Å². The van der Waals surface area contributed by atoms with Gasteiger partial charge in [0.15, 0.2) is 0 Å². The Labute approximate surface area is 90.7 Å². The first-order chi connectivity index (χ1) is 6.94. The maximum Gasteiger partial charge on any atom is 0.107 e. The maximum atomic E-state index is 4.60. The zero-order valence-corrected chi connectivity index (χ0v) is 9.89. The van der Waals surface area contributed by atoms with E-state index in [0.29, 0.717) is 0 Å². The number of aromatic nitrogens is 2. The Morgan fingerprint density at radius 1 is 1.27 bits per heavy atom. The lowest BCUT2D eigenvalue weighted by atomic mass is 9.92. The molecule has 1 aromatic carbocycles. The zero-order valence-electron chi connectivity index (χ0n) is 9.89. The van der Waals surface area contributed by atoms with E-state index < -0.39 is 0 Å². The summed E-state index contributed by atoms with van der Waals surface area (Å²) in [5.74, 6) is 1.09. The lowest BCUT2D eigenvalue weighted by molar-refractivity contribution is 0.402. The number of aromatic amines is 1. The van der Waals surface area contributed by atoms with E-state index in [4.69, 9.17) is 0 Å². The second kappa shape index (κ2) is 3.37. The van der Waals surface area contributed by atoms with Crippen molar-refractivity contribution in [3.63, 3.8) is 0 Å². The summed E-state index contributed by atoms with van der Waals surface area (Å²) in [6.45, 7) is 8.78. The minimum Gasteiger partial charge on any atom is -0.342 e. The molecule has 15 heavy (non-hydrogen) atoms. The predicted octanol–water partition coefficient (Wildman–Crippen LogP) is 3.46. The van der Waals surface area contributed by atoms with Crippen molar-refractivity contribution in [2.75, 3.05) is 0 Å². The van der Waals surface area contributed by atoms with Crippen LogP contribution in [0, 0.1) is 12.3 Å². The van der Waals surface area contributed by atoms with E-state index in [2.05, 4.69) is 55.9 Å². The molecule has 2 nitrogen and oxygen atoms in total. The van der Waals surface area contributed by atoms with Crippen molar-refractivity contribution in [1.82, 2.24) is 9.97 Å². The van der Waals surface area contributed by atoms with Crippen molar-refractivity contribution >= 4 is 11.0 Å². The fourth-order valence-corrected chi connectivity index (χ4v) is 1.75. The fraction of sp³-hybridized carbons (Fsp3) is 0.462. The van der Waals surface area contributed by atoms with Crippen molar-refractivity contribution in [3.05, 3.63) is 29.6 Å². The zero-order chi connectivity index (χ0) is 11.1. The van der Waals surface area contributed by atoms with Crippen molar-refractivity contribution in [3.8, 4) is 0 Å². The van der Waals surface area contributed by atoms with Crippen LogP contribution in [0.1, 0.15) is 32.2 Å². The average Bonchev–Trinajstić information content (AvgIpc) is 2.42. The highest BCUT2D eigenvalue weighted by atomic mass is 14.9. The Morgan fingerprint density at radius 3 is 2.67 bits per heavy atom. The van der Waals surface area contributed by atoms with Gasteiger partial charge in [0, 0.05) is 6.42 Å². The Hall–Kier alpha value is -1.31. The Balaban J connectivity index is 2.39. The lowest BCUT2D eigenvalue weighted by Gasteiger charge is -2.15. The first-order valence-corrected chi connectivity index (χ1v) is 5.39. The largest absolute Gasteiger partial charge is 0.342 e. The van der Waals surface area contributed by atoms with Crippen LogP contribution in [0.15, 0.2) is 18.2 Å². The molecular formula is C13H18N2. The summed E-state index contributed by atoms with van der Waals surface area (Å²) in [4.78, 5) is 7.97. The van der Waals surface area contributed by atoms with Crippen molar-refractivity contribution < 1.29 is 0 Å². The van der Waals surface area contributed by atoms with Crippen LogP contribution >= 0.6 is 0 Å². The molecule has 0 aliphatic heterocycles. The van der Waals surface area contributed by atoms with E-state index in [9.17, 15) is 0 Å². The molecule has 2 aromatic rings. The third kappa shape index (κ3) is 2.38. The van der Waals surface area contributed by atoms with Crippen molar-refractivity contribution in [2.45, 2.75) is 34.1 Å². The van der Waals surface area contributed by atoms with Crippen molar-refractivity contribution in [1.29, 1.82) is 0 Å². The molecule has 0 amide bonds. The van der Waals surface area contributed by atoms with Gasteiger partial charge in [0.1, 0.15) is 5.82 Å². The van der Waals surface area contributed by atoms with Gasteiger partial charge in [-0.25, -0.2) is 4.98 Å². The number of nitrogens with one attached hydrogen (secondary N) is 1. The van der Waals surface area contributed by atoms with E-state index >= 15 is 0 Å². The molecule has 2 rings (SSSR count). The molecule has 1 N–H and O–H groups in total. The van der Waals surface area contributed by atoms with Gasteiger partial charge in [-0.15, -0.1) is 0 Å². The van der Waals surface area contributed by atoms with Gasteiger partial charge in [-0.2, -0.15) is 0 Å². The average molecular weight is 202 g/mol. The molecular weight excluding hydrogens is 184 g/mol. The standard InChI is InChI=1S/C13H18N2/c1-9-5-6-10-11(7-9)15-12(14-10)8-13(2,3)4/h5-7H,8H2,1-4H3,(H,14,15). The fourth-order valence-electron chi connectivity index (χ4n) is 1.75. The Bertz CT molecular complexity index is 475. The second-order valence-electron chi connectivity index (χ2n) is 5.44. The molecule has 0 aliphatic carbocycles. The minimum atomic E-state index is 0.281. The molecule has 80 valence electrons. The van der Waals surface area contributed by atoms with Crippen LogP contribution < -0.4 is 0 Å². The summed E-state index contributed by atoms with van der Waals surface area (Å²) in [6.07, 6.45) is 0.987. The molecule has 0 bridgehead atoms. The summed E-state index contributed by atoms with van der Waals surface area (Å²) >= 11 is 0. The molecule has 0 unspecified atom stereocenters. The summed E-state index contributed by atoms with van der Waals surface area (Å²) in [5.41, 5.74) is 3.76. The first-order valence-electron chi connectivity index (χ1n) is 5.39. The summed E-state index contributed by atoms with van der Waals surface area (Å²) in [7, 11) is 0. The van der Waals surface area contributed by atoms with Gasteiger partial charge in [0.2, 0.25) is 0 Å². The van der Waals surface area contributed by atoms with Crippen LogP contribution in [-0.4, -0.2) is 9.97 Å². The SMILES string of the molecule is Cc1ccc2[nH]c(CC(C)(C)C)nc2c1. The summed E-state index contributed by atoms with van der Waals surface area (Å²) in [5, 5.41) is 0. The lowest BCUT2D eigenvalue weighted by Crippen LogP contribution is -2.10. The number of nitrogens with zero attached hydrogens (tertiary/aromatic N) is 1. The van der Waals surface area contributed by atoms with E-state index in [1.807, 2.05) is 0 Å². The van der Waals surface area contributed by atoms with Crippen LogP contribution in [0.2, 0.25) is 0 Å². The number of fused-ring (bicyclic) bond motifs is 1. The van der Waals surface area contributed by atoms with E-state index in [1.54, 1.807) is 0 Å². The highest BCUT2D eigenvalue weighted by Gasteiger charge is 2.14. The molecule has 0 spiro atoms. The van der Waals surface area contributed by atoms with Gasteiger partial charge in [-0.3, -0.25) is 0 Å². The normalized spacial score (nSPS) is 12.3. The monoisotopic (exact) mass is 202 g/mol. The highest BCUT2D eigenvalue weighted by Crippen LogP contribution is 2.21. The number of aryl methyl sites for hydroxylation is 1. The molecule has 0 saturated heterocycles. The third-order valence-electron chi connectivity index (χ3n) is 2.39. The van der Waals surface area contributed by atoms with Gasteiger partial charge >= 0.3 is 0 Å². The van der Waals surface area contributed by atoms with Gasteiger partial charge < -0.3 is 4.98 Å². The van der Waals surface area contributed by atoms with E-state index in [0.717, 1.165) is 23.3 Å². The highest BCUT2D eigenvalue weighted by molar-refractivity contribution is 5.75. The van der Waals surface area contributed by atoms with E-state index in [1.165, 1.54) is 5.56 Å². The molecule has 0 fully saturated rings. The number of benzene rings is 1. The first kappa shape index (κ1) is 10.2. The Kier molecular flexibility index (Phi) is 2.29. The molecule has 0 atom stereocenters. The van der Waals surface area contributed by atoms with Gasteiger partial charge in [0.25, 0.3) is 0 Å². The summed E-state index contributed by atoms with van der Waals surface area (Å²) < 4.78 is 0. The van der Waals surface area contributed by atoms with Gasteiger partial charge in [0.05, 0.1) is 11.0 Å². The smallest absolute Gasteiger partial charge is 0.107 e. The summed E-state index contributed by atoms with van der Waals surface area (Å²) in [6, 6.07) is 6.34. The van der Waals surface area contributed by atoms with Crippen molar-refractivity contribution in [2.24, 2.45) is 5.41 Å². The van der Waals surface area contributed by atoms with Crippen LogP contribution in [0.5, 0.6) is 0 Å². The topological polar surface area (TPSA) is 28.7 Å². The number of rotatable bonds is 1. The van der Waals surface area contributed by atoms with Gasteiger partial charge in [-0.05, 0) is 30.0 Å². The quantitative estimate of drug-likeness (QED) is 0.753. The van der Waals surface area contributed by atoms with Crippen LogP contribution in [0.25, 0.3) is 11.0 Å². The number of H-pyrrole nitrogens is 1. The third-order valence-corrected chi connectivity index (χ3v) is 2.39. The molecule has 2 heteroatoms. The van der Waals surface area contributed by atoms with Crippen LogP contribution in [0.3, 0.4) is 0 Å². The maximum absolute atomic E-state index is 4.60. The van der Waals surface area contributed by atoms with E-state index in [-0.39, 0.29) is 5.41 Å². The number of imidazole rings is 1. The molecule has 0 saturated carbocycles.